The number of aliphatic carboxylic acids is 1. The average molecular weight is 364 g/mol. The number of nitrogens with one attached hydrogen (secondary N) is 1. The number of hydrogen-bond acceptors (Lipinski definition) is 2. The van der Waals surface area contributed by atoms with Crippen molar-refractivity contribution in [2.45, 2.75) is 6.42 Å². The molecule has 0 aliphatic carbocycles. The zero-order chi connectivity index (χ0) is 13.8. The molecule has 6 heteroatoms. The van der Waals surface area contributed by atoms with Gasteiger partial charge in [-0.05, 0) is 39.7 Å². The Bertz CT molecular complexity index is 602. The molecule has 0 spiro atoms. The Morgan fingerprint density at radius 2 is 1.90 bits per heavy atom. The topological polar surface area (TPSA) is 49.3 Å². The molecule has 0 saturated carbocycles. The molecule has 20 heavy (non-hydrogen) atoms. The summed E-state index contributed by atoms with van der Waals surface area (Å²) in [6, 6.07) is 12.7. The van der Waals surface area contributed by atoms with Crippen molar-refractivity contribution in [1.82, 2.24) is 0 Å². The first kappa shape index (κ1) is 17.5. The molecule has 2 aromatic carbocycles. The molecule has 0 saturated heterocycles. The van der Waals surface area contributed by atoms with Crippen molar-refractivity contribution in [2.24, 2.45) is 0 Å². The van der Waals surface area contributed by atoms with E-state index in [-0.39, 0.29) is 36.0 Å². The molecule has 0 aliphatic heterocycles. The molecule has 0 fully saturated rings. The molecule has 0 aliphatic rings. The SMILES string of the molecule is O=C(O)Cc1ccccc1Nc1c(Cl)cccc1Br.[Na]. The molecule has 0 bridgehead atoms. The van der Waals surface area contributed by atoms with Gasteiger partial charge in [0, 0.05) is 39.7 Å². The van der Waals surface area contributed by atoms with E-state index < -0.39 is 5.97 Å². The van der Waals surface area contributed by atoms with Crippen LogP contribution in [0, 0.1) is 0 Å². The molecule has 2 N–H and O–H groups in total. The van der Waals surface area contributed by atoms with Crippen LogP contribution in [-0.4, -0.2) is 40.6 Å². The third kappa shape index (κ3) is 4.50. The van der Waals surface area contributed by atoms with Crippen molar-refractivity contribution >= 4 is 74.4 Å². The van der Waals surface area contributed by atoms with Crippen LogP contribution in [-0.2, 0) is 11.2 Å². The fraction of sp³-hybridized carbons (Fsp3) is 0.0714. The molecule has 0 heterocycles. The van der Waals surface area contributed by atoms with Gasteiger partial charge in [-0.1, -0.05) is 35.9 Å². The van der Waals surface area contributed by atoms with Gasteiger partial charge in [0.05, 0.1) is 17.1 Å². The summed E-state index contributed by atoms with van der Waals surface area (Å²) in [5, 5.41) is 12.6. The molecule has 2 rings (SSSR count). The monoisotopic (exact) mass is 362 g/mol. The predicted octanol–water partition coefficient (Wildman–Crippen LogP) is 4.09. The van der Waals surface area contributed by atoms with Gasteiger partial charge in [-0.25, -0.2) is 0 Å². The van der Waals surface area contributed by atoms with Gasteiger partial charge in [0.25, 0.3) is 0 Å². The number of anilines is 2. The van der Waals surface area contributed by atoms with Crippen LogP contribution in [0.25, 0.3) is 0 Å². The van der Waals surface area contributed by atoms with Crippen LogP contribution < -0.4 is 5.32 Å². The maximum atomic E-state index is 10.8. The summed E-state index contributed by atoms with van der Waals surface area (Å²) in [5.41, 5.74) is 2.17. The summed E-state index contributed by atoms with van der Waals surface area (Å²) in [5.74, 6) is -0.868. The van der Waals surface area contributed by atoms with Gasteiger partial charge in [0.2, 0.25) is 0 Å². The van der Waals surface area contributed by atoms with Crippen molar-refractivity contribution in [3.8, 4) is 0 Å². The van der Waals surface area contributed by atoms with Crippen LogP contribution in [0.2, 0.25) is 5.02 Å². The Balaban J connectivity index is 0.00000200. The fourth-order valence-electron chi connectivity index (χ4n) is 1.71. The molecule has 2 aromatic rings. The van der Waals surface area contributed by atoms with E-state index in [9.17, 15) is 4.79 Å². The molecule has 3 nitrogen and oxygen atoms in total. The van der Waals surface area contributed by atoms with Crippen molar-refractivity contribution in [3.05, 3.63) is 57.5 Å². The van der Waals surface area contributed by atoms with E-state index in [0.717, 1.165) is 15.8 Å². The van der Waals surface area contributed by atoms with Crippen molar-refractivity contribution in [3.63, 3.8) is 0 Å². The number of halogens is 2. The first-order valence-corrected chi connectivity index (χ1v) is 6.76. The minimum absolute atomic E-state index is 0. The molecular formula is C14H11BrClNNaO2. The minimum Gasteiger partial charge on any atom is -0.481 e. The molecule has 0 amide bonds. The van der Waals surface area contributed by atoms with E-state index >= 15 is 0 Å². The first-order chi connectivity index (χ1) is 9.08. The number of hydrogen-bond donors (Lipinski definition) is 2. The first-order valence-electron chi connectivity index (χ1n) is 5.58. The second-order valence-electron chi connectivity index (χ2n) is 3.95. The Labute approximate surface area is 152 Å². The van der Waals surface area contributed by atoms with Gasteiger partial charge in [0.15, 0.2) is 0 Å². The van der Waals surface area contributed by atoms with Crippen LogP contribution >= 0.6 is 27.5 Å². The number of rotatable bonds is 4. The average Bonchev–Trinajstić information content (AvgIpc) is 2.35. The van der Waals surface area contributed by atoms with Gasteiger partial charge in [-0.15, -0.1) is 0 Å². The summed E-state index contributed by atoms with van der Waals surface area (Å²) in [4.78, 5) is 10.8. The largest absolute Gasteiger partial charge is 0.481 e. The molecule has 0 atom stereocenters. The molecule has 0 unspecified atom stereocenters. The maximum absolute atomic E-state index is 10.8. The van der Waals surface area contributed by atoms with Crippen LogP contribution in [0.5, 0.6) is 0 Å². The smallest absolute Gasteiger partial charge is 0.307 e. The standard InChI is InChI=1S/C14H11BrClNO2.Na/c15-10-5-3-6-11(16)14(10)17-12-7-2-1-4-9(12)8-13(18)19;/h1-7,17H,8H2,(H,18,19);. The summed E-state index contributed by atoms with van der Waals surface area (Å²) >= 11 is 9.55. The fourth-order valence-corrected chi connectivity index (χ4v) is 2.51. The molecular weight excluding hydrogens is 353 g/mol. The van der Waals surface area contributed by atoms with E-state index in [1.165, 1.54) is 0 Å². The van der Waals surface area contributed by atoms with Gasteiger partial charge < -0.3 is 10.4 Å². The Morgan fingerprint density at radius 3 is 2.55 bits per heavy atom. The van der Waals surface area contributed by atoms with Crippen LogP contribution in [0.15, 0.2) is 46.9 Å². The van der Waals surface area contributed by atoms with Gasteiger partial charge in [0.1, 0.15) is 0 Å². The van der Waals surface area contributed by atoms with Gasteiger partial charge >= 0.3 is 5.97 Å². The van der Waals surface area contributed by atoms with Crippen LogP contribution in [0.3, 0.4) is 0 Å². The summed E-state index contributed by atoms with van der Waals surface area (Å²) in [6.45, 7) is 0. The van der Waals surface area contributed by atoms with Crippen molar-refractivity contribution in [2.75, 3.05) is 5.32 Å². The molecule has 1 radical (unpaired) electrons. The second kappa shape index (κ2) is 8.05. The van der Waals surface area contributed by atoms with E-state index in [2.05, 4.69) is 21.2 Å². The third-order valence-electron chi connectivity index (χ3n) is 2.58. The van der Waals surface area contributed by atoms with E-state index in [0.29, 0.717) is 10.6 Å². The minimum atomic E-state index is -0.868. The molecule has 0 aromatic heterocycles. The Kier molecular flexibility index (Phi) is 7.06. The second-order valence-corrected chi connectivity index (χ2v) is 5.21. The van der Waals surface area contributed by atoms with E-state index in [4.69, 9.17) is 16.7 Å². The van der Waals surface area contributed by atoms with Gasteiger partial charge in [-0.3, -0.25) is 4.79 Å². The van der Waals surface area contributed by atoms with E-state index in [1.807, 2.05) is 30.3 Å². The van der Waals surface area contributed by atoms with Crippen LogP contribution in [0.1, 0.15) is 5.56 Å². The maximum Gasteiger partial charge on any atom is 0.307 e. The van der Waals surface area contributed by atoms with Crippen molar-refractivity contribution < 1.29 is 9.90 Å². The number of para-hydroxylation sites is 2. The third-order valence-corrected chi connectivity index (χ3v) is 3.56. The summed E-state index contributed by atoms with van der Waals surface area (Å²) in [7, 11) is 0. The number of benzene rings is 2. The predicted molar refractivity (Wildman–Crippen MR) is 86.0 cm³/mol. The summed E-state index contributed by atoms with van der Waals surface area (Å²) < 4.78 is 0.824. The number of carboxylic acid groups (broad SMARTS) is 1. The zero-order valence-corrected chi connectivity index (χ0v) is 15.2. The Morgan fingerprint density at radius 1 is 1.20 bits per heavy atom. The van der Waals surface area contributed by atoms with E-state index in [1.54, 1.807) is 12.1 Å². The zero-order valence-electron chi connectivity index (χ0n) is 10.9. The molecule has 99 valence electrons. The number of carboxylic acids is 1. The normalized spacial score (nSPS) is 9.70. The summed E-state index contributed by atoms with van der Waals surface area (Å²) in [6.07, 6.45) is -0.0365. The Hall–Kier alpha value is -0.520. The quantitative estimate of drug-likeness (QED) is 0.804. The number of carbonyl (C=O) groups is 1. The van der Waals surface area contributed by atoms with Crippen LogP contribution in [0.4, 0.5) is 11.4 Å². The van der Waals surface area contributed by atoms with Crippen molar-refractivity contribution in [1.29, 1.82) is 0 Å². The van der Waals surface area contributed by atoms with Gasteiger partial charge in [-0.2, -0.15) is 0 Å².